The predicted octanol–water partition coefficient (Wildman–Crippen LogP) is 5.10. The van der Waals surface area contributed by atoms with E-state index in [0.717, 1.165) is 5.39 Å². The molecule has 0 bridgehead atoms. The lowest BCUT2D eigenvalue weighted by molar-refractivity contribution is -0.195. The average Bonchev–Trinajstić information content (AvgIpc) is 3.13. The molecule has 0 aliphatic carbocycles. The molecule has 308 valence electrons. The van der Waals surface area contributed by atoms with Gasteiger partial charge in [-0.05, 0) is 77.2 Å². The second-order valence-corrected chi connectivity index (χ2v) is 17.5. The van der Waals surface area contributed by atoms with Crippen molar-refractivity contribution in [3.05, 3.63) is 47.7 Å². The Bertz CT molecular complexity index is 1770. The van der Waals surface area contributed by atoms with Crippen molar-refractivity contribution in [2.24, 2.45) is 5.92 Å². The fourth-order valence-electron chi connectivity index (χ4n) is 5.78. The van der Waals surface area contributed by atoms with Crippen LogP contribution in [0.4, 0.5) is 4.79 Å². The predicted molar refractivity (Wildman–Crippen MR) is 210 cm³/mol. The molecule has 2 aliphatic rings. The molecule has 5 atom stereocenters. The number of alkyl carbamates (subject to hydrolysis) is 1. The molecule has 5 unspecified atom stereocenters. The zero-order chi connectivity index (χ0) is 41.4. The number of ether oxygens (including phenoxy) is 5. The number of carbonyl (C=O) groups is 5. The SMILES string of the molecule is CC(NC(=O)C(OC(=O)C1(C=Cc2ccc3ccc(C(C)NC(=O)OC(C)(C)C)nc3c2)COCCO1)C(C)C)C(=O)N1CCCC(C(=O)OCC(Cl)(Cl)Cl)N1. The monoisotopic (exact) mass is 841 g/mol. The van der Waals surface area contributed by atoms with Gasteiger partial charge in [0, 0.05) is 11.9 Å². The summed E-state index contributed by atoms with van der Waals surface area (Å²) in [7, 11) is 0. The Morgan fingerprint density at radius 3 is 2.41 bits per heavy atom. The van der Waals surface area contributed by atoms with Gasteiger partial charge < -0.3 is 34.3 Å². The zero-order valence-electron chi connectivity index (χ0n) is 32.5. The number of carbonyl (C=O) groups excluding carboxylic acids is 5. The van der Waals surface area contributed by atoms with Crippen LogP contribution in [-0.4, -0.2) is 106 Å². The summed E-state index contributed by atoms with van der Waals surface area (Å²) in [5.74, 6) is -3.27. The summed E-state index contributed by atoms with van der Waals surface area (Å²) in [6.07, 6.45) is 2.21. The molecule has 4 rings (SSSR count). The summed E-state index contributed by atoms with van der Waals surface area (Å²) in [5.41, 5.74) is 2.45. The highest BCUT2D eigenvalue weighted by atomic mass is 35.6. The lowest BCUT2D eigenvalue weighted by atomic mass is 10.0. The van der Waals surface area contributed by atoms with Crippen LogP contribution in [0.2, 0.25) is 0 Å². The number of fused-ring (bicyclic) bond motifs is 1. The van der Waals surface area contributed by atoms with Crippen LogP contribution < -0.4 is 16.1 Å². The molecule has 2 fully saturated rings. The summed E-state index contributed by atoms with van der Waals surface area (Å²) in [6, 6.07) is 6.91. The second kappa shape index (κ2) is 19.1. The van der Waals surface area contributed by atoms with Crippen molar-refractivity contribution in [1.29, 1.82) is 0 Å². The van der Waals surface area contributed by atoms with E-state index in [4.69, 9.17) is 63.5 Å². The fourth-order valence-corrected chi connectivity index (χ4v) is 5.94. The van der Waals surface area contributed by atoms with Gasteiger partial charge in [-0.1, -0.05) is 72.9 Å². The fraction of sp³-hybridized carbons (Fsp3) is 0.579. The van der Waals surface area contributed by atoms with Crippen LogP contribution in [0.15, 0.2) is 36.4 Å². The average molecular weight is 843 g/mol. The van der Waals surface area contributed by atoms with Gasteiger partial charge in [0.2, 0.25) is 9.39 Å². The van der Waals surface area contributed by atoms with E-state index >= 15 is 0 Å². The van der Waals surface area contributed by atoms with Gasteiger partial charge in [-0.3, -0.25) is 24.4 Å². The third kappa shape index (κ3) is 12.9. The number of halogens is 3. The number of esters is 2. The summed E-state index contributed by atoms with van der Waals surface area (Å²) >= 11 is 17.0. The molecule has 56 heavy (non-hydrogen) atoms. The number of benzene rings is 1. The van der Waals surface area contributed by atoms with Crippen LogP contribution >= 0.6 is 34.8 Å². The Balaban J connectivity index is 1.44. The molecular weight excluding hydrogens is 793 g/mol. The van der Waals surface area contributed by atoms with E-state index in [1.807, 2.05) is 30.3 Å². The molecule has 2 aliphatic heterocycles. The molecule has 15 nitrogen and oxygen atoms in total. The third-order valence-electron chi connectivity index (χ3n) is 8.65. The standard InChI is InChI=1S/C38H50Cl3N5O10/c1-22(2)30(31(47)42-24(4)32(48)46-16-8-9-28(45-46)33(49)53-21-38(39,40)41)55-34(50)37(20-52-17-18-54-37)15-14-25-10-11-26-12-13-27(44-29(26)19-25)23(3)43-35(51)56-36(5,6)7/h10-15,19,22-24,28,30,45H,8-9,16-18,20-21H2,1-7H3,(H,42,47)(H,43,51). The molecule has 18 heteroatoms. The van der Waals surface area contributed by atoms with Gasteiger partial charge in [-0.25, -0.2) is 15.0 Å². The molecule has 3 amide bonds. The zero-order valence-corrected chi connectivity index (χ0v) is 34.8. The number of hydrazine groups is 1. The van der Waals surface area contributed by atoms with Crippen molar-refractivity contribution in [3.8, 4) is 0 Å². The van der Waals surface area contributed by atoms with Gasteiger partial charge in [0.05, 0.1) is 37.1 Å². The number of alkyl halides is 3. The number of hydrogen-bond donors (Lipinski definition) is 3. The van der Waals surface area contributed by atoms with Crippen LogP contribution in [0.3, 0.4) is 0 Å². The number of amides is 3. The van der Waals surface area contributed by atoms with Crippen molar-refractivity contribution in [3.63, 3.8) is 0 Å². The number of hydrogen-bond acceptors (Lipinski definition) is 12. The molecule has 3 N–H and O–H groups in total. The molecule has 0 saturated carbocycles. The van der Waals surface area contributed by atoms with Crippen molar-refractivity contribution in [1.82, 2.24) is 26.1 Å². The first-order chi connectivity index (χ1) is 26.2. The molecular formula is C38H50Cl3N5O10. The topological polar surface area (TPSA) is 184 Å². The first-order valence-electron chi connectivity index (χ1n) is 18.3. The van der Waals surface area contributed by atoms with Crippen LogP contribution in [-0.2, 0) is 42.9 Å². The van der Waals surface area contributed by atoms with Crippen LogP contribution in [0, 0.1) is 5.92 Å². The molecule has 2 saturated heterocycles. The number of rotatable bonds is 12. The number of pyridine rings is 1. The van der Waals surface area contributed by atoms with Gasteiger partial charge in [0.1, 0.15) is 24.3 Å². The van der Waals surface area contributed by atoms with Crippen LogP contribution in [0.5, 0.6) is 0 Å². The quantitative estimate of drug-likeness (QED) is 0.146. The number of aromatic nitrogens is 1. The maximum atomic E-state index is 13.9. The number of nitrogens with zero attached hydrogens (tertiary/aromatic N) is 2. The summed E-state index contributed by atoms with van der Waals surface area (Å²) in [6.45, 7) is 12.0. The Morgan fingerprint density at radius 1 is 1.05 bits per heavy atom. The Morgan fingerprint density at radius 2 is 1.77 bits per heavy atom. The first kappa shape index (κ1) is 45.0. The second-order valence-electron chi connectivity index (χ2n) is 15.0. The van der Waals surface area contributed by atoms with E-state index in [-0.39, 0.29) is 26.4 Å². The van der Waals surface area contributed by atoms with Gasteiger partial charge >= 0.3 is 18.0 Å². The molecule has 1 aromatic carbocycles. The van der Waals surface area contributed by atoms with Crippen LogP contribution in [0.25, 0.3) is 17.0 Å². The summed E-state index contributed by atoms with van der Waals surface area (Å²) < 4.78 is 26.1. The van der Waals surface area contributed by atoms with E-state index in [1.54, 1.807) is 47.6 Å². The highest BCUT2D eigenvalue weighted by molar-refractivity contribution is 6.67. The van der Waals surface area contributed by atoms with Gasteiger partial charge in [-0.15, -0.1) is 0 Å². The van der Waals surface area contributed by atoms with E-state index in [1.165, 1.54) is 18.0 Å². The lowest BCUT2D eigenvalue weighted by Gasteiger charge is -2.35. The highest BCUT2D eigenvalue weighted by Gasteiger charge is 2.44. The maximum absolute atomic E-state index is 13.9. The van der Waals surface area contributed by atoms with E-state index in [0.29, 0.717) is 29.6 Å². The molecule has 3 heterocycles. The molecule has 0 spiro atoms. The molecule has 2 aromatic rings. The normalized spacial score (nSPS) is 20.9. The van der Waals surface area contributed by atoms with Gasteiger partial charge in [-0.2, -0.15) is 0 Å². The number of nitrogens with one attached hydrogen (secondary N) is 3. The minimum atomic E-state index is -1.79. The largest absolute Gasteiger partial charge is 0.460 e. The minimum Gasteiger partial charge on any atom is -0.460 e. The minimum absolute atomic E-state index is 0.0938. The van der Waals surface area contributed by atoms with E-state index in [2.05, 4.69) is 16.1 Å². The summed E-state index contributed by atoms with van der Waals surface area (Å²) in [5, 5.41) is 7.51. The van der Waals surface area contributed by atoms with Crippen molar-refractivity contribution < 1.29 is 47.7 Å². The van der Waals surface area contributed by atoms with Crippen molar-refractivity contribution in [2.45, 2.75) is 101 Å². The molecule has 1 aromatic heterocycles. The lowest BCUT2D eigenvalue weighted by Crippen LogP contribution is -2.60. The molecule has 0 radical (unpaired) electrons. The van der Waals surface area contributed by atoms with Crippen LogP contribution in [0.1, 0.15) is 78.6 Å². The third-order valence-corrected chi connectivity index (χ3v) is 8.98. The van der Waals surface area contributed by atoms with Crippen molar-refractivity contribution in [2.75, 3.05) is 33.0 Å². The van der Waals surface area contributed by atoms with Gasteiger partial charge in [0.25, 0.3) is 11.8 Å². The maximum Gasteiger partial charge on any atom is 0.408 e. The first-order valence-corrected chi connectivity index (χ1v) is 19.4. The Hall–Kier alpha value is -3.73. The van der Waals surface area contributed by atoms with Crippen molar-refractivity contribution >= 4 is 81.6 Å². The Labute approximate surface area is 341 Å². The van der Waals surface area contributed by atoms with E-state index in [9.17, 15) is 24.0 Å². The van der Waals surface area contributed by atoms with Gasteiger partial charge in [0.15, 0.2) is 6.10 Å². The Kier molecular flexibility index (Phi) is 15.4. The smallest absolute Gasteiger partial charge is 0.408 e. The van der Waals surface area contributed by atoms with E-state index < -0.39 is 81.6 Å². The highest BCUT2D eigenvalue weighted by Crippen LogP contribution is 2.27. The summed E-state index contributed by atoms with van der Waals surface area (Å²) in [4.78, 5) is 70.3.